The first-order chi connectivity index (χ1) is 8.69. The van der Waals surface area contributed by atoms with E-state index in [1.165, 1.54) is 12.1 Å². The summed E-state index contributed by atoms with van der Waals surface area (Å²) in [5, 5.41) is 27.2. The zero-order valence-corrected chi connectivity index (χ0v) is 9.54. The molecule has 4 heteroatoms. The molecule has 0 bridgehead atoms. The van der Waals surface area contributed by atoms with Crippen LogP contribution in [0, 0.1) is 0 Å². The highest BCUT2D eigenvalue weighted by molar-refractivity contribution is 5.71. The Balaban J connectivity index is 2.16. The molecule has 0 spiro atoms. The van der Waals surface area contributed by atoms with Crippen LogP contribution < -0.4 is 5.48 Å². The third-order valence-electron chi connectivity index (χ3n) is 2.51. The minimum absolute atomic E-state index is 0.134. The number of hydrogen-bond donors (Lipinski definition) is 4. The number of benzene rings is 2. The minimum Gasteiger partial charge on any atom is -0.504 e. The molecular weight excluding hydrogens is 230 g/mol. The molecule has 0 aliphatic rings. The Morgan fingerprint density at radius 3 is 2.00 bits per heavy atom. The molecular formula is C14H13NO3. The van der Waals surface area contributed by atoms with Crippen molar-refractivity contribution in [3.05, 3.63) is 53.6 Å². The highest BCUT2D eigenvalue weighted by atomic mass is 16.5. The quantitative estimate of drug-likeness (QED) is 0.380. The largest absolute Gasteiger partial charge is 0.504 e. The van der Waals surface area contributed by atoms with E-state index in [0.29, 0.717) is 5.69 Å². The van der Waals surface area contributed by atoms with Crippen LogP contribution >= 0.6 is 0 Å². The summed E-state index contributed by atoms with van der Waals surface area (Å²) in [4.78, 5) is 0. The van der Waals surface area contributed by atoms with Crippen molar-refractivity contribution < 1.29 is 15.4 Å². The van der Waals surface area contributed by atoms with Gasteiger partial charge in [0.2, 0.25) is 0 Å². The van der Waals surface area contributed by atoms with E-state index < -0.39 is 0 Å². The second-order valence-electron chi connectivity index (χ2n) is 3.82. The summed E-state index contributed by atoms with van der Waals surface area (Å²) in [7, 11) is 0. The van der Waals surface area contributed by atoms with E-state index in [9.17, 15) is 10.2 Å². The number of aromatic hydroxyl groups is 2. The lowest BCUT2D eigenvalue weighted by Crippen LogP contribution is -1.87. The number of hydrogen-bond acceptors (Lipinski definition) is 4. The first-order valence-electron chi connectivity index (χ1n) is 5.39. The molecule has 2 aromatic carbocycles. The SMILES string of the molecule is ONc1ccc(/C=C/c2ccc(O)c(O)c2)cc1. The van der Waals surface area contributed by atoms with Crippen molar-refractivity contribution >= 4 is 17.8 Å². The monoisotopic (exact) mass is 243 g/mol. The van der Waals surface area contributed by atoms with Crippen molar-refractivity contribution in [2.24, 2.45) is 0 Å². The summed E-state index contributed by atoms with van der Waals surface area (Å²) >= 11 is 0. The van der Waals surface area contributed by atoms with Crippen LogP contribution in [0.15, 0.2) is 42.5 Å². The van der Waals surface area contributed by atoms with Gasteiger partial charge in [0, 0.05) is 0 Å². The summed E-state index contributed by atoms with van der Waals surface area (Å²) in [6, 6.07) is 11.8. The normalized spacial score (nSPS) is 10.7. The fraction of sp³-hybridized carbons (Fsp3) is 0. The van der Waals surface area contributed by atoms with Gasteiger partial charge in [-0.3, -0.25) is 10.7 Å². The topological polar surface area (TPSA) is 72.7 Å². The second-order valence-corrected chi connectivity index (χ2v) is 3.82. The van der Waals surface area contributed by atoms with E-state index in [0.717, 1.165) is 11.1 Å². The predicted octanol–water partition coefficient (Wildman–Crippen LogP) is 3.07. The molecule has 18 heavy (non-hydrogen) atoms. The molecule has 92 valence electrons. The maximum absolute atomic E-state index is 9.35. The van der Waals surface area contributed by atoms with E-state index in [-0.39, 0.29) is 11.5 Å². The average molecular weight is 243 g/mol. The average Bonchev–Trinajstić information content (AvgIpc) is 2.41. The summed E-state index contributed by atoms with van der Waals surface area (Å²) < 4.78 is 0. The van der Waals surface area contributed by atoms with Gasteiger partial charge >= 0.3 is 0 Å². The van der Waals surface area contributed by atoms with Gasteiger partial charge in [0.25, 0.3) is 0 Å². The zero-order chi connectivity index (χ0) is 13.0. The van der Waals surface area contributed by atoms with Crippen LogP contribution in [0.1, 0.15) is 11.1 Å². The van der Waals surface area contributed by atoms with Crippen LogP contribution in [-0.4, -0.2) is 15.4 Å². The fourth-order valence-corrected chi connectivity index (χ4v) is 1.51. The van der Waals surface area contributed by atoms with Gasteiger partial charge in [-0.1, -0.05) is 30.4 Å². The van der Waals surface area contributed by atoms with E-state index in [2.05, 4.69) is 5.48 Å². The van der Waals surface area contributed by atoms with E-state index >= 15 is 0 Å². The lowest BCUT2D eigenvalue weighted by Gasteiger charge is -2.00. The van der Waals surface area contributed by atoms with E-state index in [1.807, 2.05) is 24.3 Å². The van der Waals surface area contributed by atoms with Crippen LogP contribution in [0.3, 0.4) is 0 Å². The summed E-state index contributed by atoms with van der Waals surface area (Å²) in [5.41, 5.74) is 4.42. The molecule has 4 nitrogen and oxygen atoms in total. The van der Waals surface area contributed by atoms with Crippen molar-refractivity contribution in [2.75, 3.05) is 5.48 Å². The lowest BCUT2D eigenvalue weighted by molar-refractivity contribution is 0.389. The third kappa shape index (κ3) is 2.81. The molecule has 0 aromatic heterocycles. The molecule has 0 saturated heterocycles. The van der Waals surface area contributed by atoms with Crippen molar-refractivity contribution in [2.45, 2.75) is 0 Å². The van der Waals surface area contributed by atoms with Gasteiger partial charge in [-0.15, -0.1) is 0 Å². The maximum Gasteiger partial charge on any atom is 0.157 e. The van der Waals surface area contributed by atoms with E-state index in [1.54, 1.807) is 18.2 Å². The fourth-order valence-electron chi connectivity index (χ4n) is 1.51. The minimum atomic E-state index is -0.142. The third-order valence-corrected chi connectivity index (χ3v) is 2.51. The van der Waals surface area contributed by atoms with Crippen LogP contribution in [0.5, 0.6) is 11.5 Å². The Kier molecular flexibility index (Phi) is 3.50. The van der Waals surface area contributed by atoms with Gasteiger partial charge in [0.1, 0.15) is 0 Å². The van der Waals surface area contributed by atoms with Crippen molar-refractivity contribution in [1.29, 1.82) is 0 Å². The van der Waals surface area contributed by atoms with Gasteiger partial charge in [-0.2, -0.15) is 0 Å². The number of phenols is 2. The van der Waals surface area contributed by atoms with Crippen LogP contribution in [0.25, 0.3) is 12.2 Å². The summed E-state index contributed by atoms with van der Waals surface area (Å²) in [6.07, 6.45) is 3.69. The van der Waals surface area contributed by atoms with Crippen LogP contribution in [0.2, 0.25) is 0 Å². The molecule has 2 rings (SSSR count). The molecule has 0 unspecified atom stereocenters. The van der Waals surface area contributed by atoms with Crippen LogP contribution in [-0.2, 0) is 0 Å². The van der Waals surface area contributed by atoms with Crippen LogP contribution in [0.4, 0.5) is 5.69 Å². The number of rotatable bonds is 3. The van der Waals surface area contributed by atoms with Crippen molar-refractivity contribution in [3.8, 4) is 11.5 Å². The smallest absolute Gasteiger partial charge is 0.157 e. The molecule has 0 amide bonds. The highest BCUT2D eigenvalue weighted by Gasteiger charge is 1.97. The summed E-state index contributed by atoms with van der Waals surface area (Å²) in [5.74, 6) is -0.275. The Hall–Kier alpha value is -2.46. The summed E-state index contributed by atoms with van der Waals surface area (Å²) in [6.45, 7) is 0. The number of phenolic OH excluding ortho intramolecular Hbond substituents is 2. The number of nitrogens with one attached hydrogen (secondary N) is 1. The van der Waals surface area contributed by atoms with Gasteiger partial charge in [-0.25, -0.2) is 0 Å². The Morgan fingerprint density at radius 1 is 0.778 bits per heavy atom. The first kappa shape index (κ1) is 12.0. The highest BCUT2D eigenvalue weighted by Crippen LogP contribution is 2.25. The number of anilines is 1. The molecule has 0 aliphatic heterocycles. The molecule has 4 N–H and O–H groups in total. The van der Waals surface area contributed by atoms with Gasteiger partial charge in [-0.05, 0) is 35.4 Å². The second kappa shape index (κ2) is 5.25. The van der Waals surface area contributed by atoms with E-state index in [4.69, 9.17) is 5.21 Å². The van der Waals surface area contributed by atoms with Crippen molar-refractivity contribution in [1.82, 2.24) is 0 Å². The zero-order valence-electron chi connectivity index (χ0n) is 9.54. The van der Waals surface area contributed by atoms with Gasteiger partial charge in [0.15, 0.2) is 11.5 Å². The lowest BCUT2D eigenvalue weighted by atomic mass is 10.1. The Bertz CT molecular complexity index is 562. The Labute approximate surface area is 104 Å². The van der Waals surface area contributed by atoms with Crippen molar-refractivity contribution in [3.63, 3.8) is 0 Å². The first-order valence-corrected chi connectivity index (χ1v) is 5.39. The molecule has 0 heterocycles. The molecule has 0 fully saturated rings. The van der Waals surface area contributed by atoms with Gasteiger partial charge < -0.3 is 10.2 Å². The Morgan fingerprint density at radius 2 is 1.39 bits per heavy atom. The molecule has 0 radical (unpaired) electrons. The molecule has 0 saturated carbocycles. The standard InChI is InChI=1S/C14H13NO3/c16-13-8-5-11(9-14(13)17)2-1-10-3-6-12(15-18)7-4-10/h1-9,15-18H/b2-1+. The molecule has 2 aromatic rings. The predicted molar refractivity (Wildman–Crippen MR) is 70.6 cm³/mol. The molecule has 0 aliphatic carbocycles. The maximum atomic E-state index is 9.35. The van der Waals surface area contributed by atoms with Gasteiger partial charge in [0.05, 0.1) is 5.69 Å². The molecule has 0 atom stereocenters.